The standard InChI is InChI=1S/C23H34BNO6/c1-21(2,3)29-20(27)25-15-18(24-30-22(4,5)23(6,7)31-24)13-16-11-9-10-12-17(16)14-19(26)28-8/h9-13H,14-15H2,1-8H3,(H,25,27). The predicted molar refractivity (Wildman–Crippen MR) is 120 cm³/mol. The number of amides is 1. The summed E-state index contributed by atoms with van der Waals surface area (Å²) in [6.07, 6.45) is 1.50. The molecule has 0 atom stereocenters. The maximum Gasteiger partial charge on any atom is 0.492 e. The topological polar surface area (TPSA) is 83.1 Å². The van der Waals surface area contributed by atoms with E-state index in [-0.39, 0.29) is 18.9 Å². The lowest BCUT2D eigenvalue weighted by atomic mass is 9.76. The van der Waals surface area contributed by atoms with E-state index >= 15 is 0 Å². The second-order valence-corrected chi connectivity index (χ2v) is 9.61. The molecule has 1 saturated heterocycles. The van der Waals surface area contributed by atoms with Gasteiger partial charge in [0.2, 0.25) is 0 Å². The third kappa shape index (κ3) is 6.84. The summed E-state index contributed by atoms with van der Waals surface area (Å²) >= 11 is 0. The van der Waals surface area contributed by atoms with Crippen molar-refractivity contribution in [2.24, 2.45) is 0 Å². The molecule has 1 amide bonds. The Kier molecular flexibility index (Phi) is 7.60. The van der Waals surface area contributed by atoms with Gasteiger partial charge in [0.05, 0.1) is 24.7 Å². The van der Waals surface area contributed by atoms with Gasteiger partial charge in [-0.3, -0.25) is 4.79 Å². The largest absolute Gasteiger partial charge is 0.492 e. The Hall–Kier alpha value is -2.32. The minimum atomic E-state index is -0.661. The molecule has 1 aliphatic rings. The summed E-state index contributed by atoms with van der Waals surface area (Å²) in [5.74, 6) is -0.329. The molecule has 2 rings (SSSR count). The molecule has 31 heavy (non-hydrogen) atoms. The molecular formula is C23H34BNO6. The van der Waals surface area contributed by atoms with Gasteiger partial charge in [-0.25, -0.2) is 4.79 Å². The fourth-order valence-corrected chi connectivity index (χ4v) is 2.95. The number of hydrogen-bond donors (Lipinski definition) is 1. The number of benzene rings is 1. The van der Waals surface area contributed by atoms with Gasteiger partial charge in [-0.05, 0) is 65.1 Å². The molecule has 0 spiro atoms. The van der Waals surface area contributed by atoms with Gasteiger partial charge in [-0.15, -0.1) is 0 Å². The number of nitrogens with one attached hydrogen (secondary N) is 1. The van der Waals surface area contributed by atoms with Crippen LogP contribution < -0.4 is 5.32 Å². The monoisotopic (exact) mass is 431 g/mol. The van der Waals surface area contributed by atoms with Crippen molar-refractivity contribution in [3.05, 3.63) is 40.9 Å². The van der Waals surface area contributed by atoms with E-state index in [0.29, 0.717) is 5.47 Å². The van der Waals surface area contributed by atoms with Crippen LogP contribution >= 0.6 is 0 Å². The molecule has 1 N–H and O–H groups in total. The van der Waals surface area contributed by atoms with Crippen molar-refractivity contribution in [2.75, 3.05) is 13.7 Å². The number of carbonyl (C=O) groups is 2. The number of carbonyl (C=O) groups excluding carboxylic acids is 2. The van der Waals surface area contributed by atoms with Crippen LogP contribution in [-0.4, -0.2) is 49.6 Å². The average Bonchev–Trinajstić information content (AvgIpc) is 2.85. The zero-order valence-electron chi connectivity index (χ0n) is 19.8. The number of methoxy groups -OCH3 is 1. The van der Waals surface area contributed by atoms with Crippen molar-refractivity contribution >= 4 is 25.3 Å². The van der Waals surface area contributed by atoms with Crippen LogP contribution in [0.3, 0.4) is 0 Å². The first-order chi connectivity index (χ1) is 14.2. The average molecular weight is 431 g/mol. The quantitative estimate of drug-likeness (QED) is 0.543. The highest BCUT2D eigenvalue weighted by molar-refractivity contribution is 6.56. The third-order valence-corrected chi connectivity index (χ3v) is 5.35. The fourth-order valence-electron chi connectivity index (χ4n) is 2.95. The van der Waals surface area contributed by atoms with Crippen molar-refractivity contribution in [2.45, 2.75) is 71.7 Å². The van der Waals surface area contributed by atoms with Gasteiger partial charge in [0.25, 0.3) is 0 Å². The summed E-state index contributed by atoms with van der Waals surface area (Å²) in [6, 6.07) is 7.52. The van der Waals surface area contributed by atoms with E-state index < -0.39 is 30.0 Å². The lowest BCUT2D eigenvalue weighted by Gasteiger charge is -2.32. The molecule has 8 heteroatoms. The highest BCUT2D eigenvalue weighted by Crippen LogP contribution is 2.38. The van der Waals surface area contributed by atoms with Gasteiger partial charge >= 0.3 is 19.2 Å². The fraction of sp³-hybridized carbons (Fsp3) is 0.565. The third-order valence-electron chi connectivity index (χ3n) is 5.35. The lowest BCUT2D eigenvalue weighted by Crippen LogP contribution is -2.41. The van der Waals surface area contributed by atoms with E-state index in [4.69, 9.17) is 18.8 Å². The minimum absolute atomic E-state index is 0.138. The maximum absolute atomic E-state index is 12.2. The lowest BCUT2D eigenvalue weighted by molar-refractivity contribution is -0.139. The molecule has 0 aliphatic carbocycles. The van der Waals surface area contributed by atoms with Crippen molar-refractivity contribution in [1.82, 2.24) is 5.32 Å². The van der Waals surface area contributed by atoms with Gasteiger partial charge in [0, 0.05) is 6.54 Å². The van der Waals surface area contributed by atoms with E-state index in [1.54, 1.807) is 20.8 Å². The molecule has 170 valence electrons. The van der Waals surface area contributed by atoms with Gasteiger partial charge in [0.1, 0.15) is 5.60 Å². The summed E-state index contributed by atoms with van der Waals surface area (Å²) < 4.78 is 22.6. The van der Waals surface area contributed by atoms with E-state index in [1.165, 1.54) is 7.11 Å². The van der Waals surface area contributed by atoms with Crippen molar-refractivity contribution < 1.29 is 28.4 Å². The summed E-state index contributed by atoms with van der Waals surface area (Å²) in [5, 5.41) is 2.78. The molecule has 0 unspecified atom stereocenters. The van der Waals surface area contributed by atoms with Gasteiger partial charge < -0.3 is 24.1 Å². The molecular weight excluding hydrogens is 397 g/mol. The van der Waals surface area contributed by atoms with Crippen LogP contribution in [0, 0.1) is 0 Å². The maximum atomic E-state index is 12.2. The molecule has 0 radical (unpaired) electrons. The molecule has 1 fully saturated rings. The van der Waals surface area contributed by atoms with E-state index in [2.05, 4.69) is 5.32 Å². The highest BCUT2D eigenvalue weighted by Gasteiger charge is 2.52. The van der Waals surface area contributed by atoms with Crippen LogP contribution in [0.5, 0.6) is 0 Å². The van der Waals surface area contributed by atoms with E-state index in [9.17, 15) is 9.59 Å². The predicted octanol–water partition coefficient (Wildman–Crippen LogP) is 3.94. The Bertz CT molecular complexity index is 825. The molecule has 1 aromatic rings. The van der Waals surface area contributed by atoms with E-state index in [0.717, 1.165) is 11.1 Å². The second-order valence-electron chi connectivity index (χ2n) is 9.61. The first-order valence-electron chi connectivity index (χ1n) is 10.4. The SMILES string of the molecule is COC(=O)Cc1ccccc1C=C(CNC(=O)OC(C)(C)C)B1OC(C)(C)C(C)(C)O1. The number of esters is 1. The molecule has 0 bridgehead atoms. The molecule has 0 saturated carbocycles. The Labute approximate surface area is 185 Å². The summed E-state index contributed by atoms with van der Waals surface area (Å²) in [5.41, 5.74) is 0.666. The second kappa shape index (κ2) is 9.45. The molecule has 0 aromatic heterocycles. The highest BCUT2D eigenvalue weighted by atomic mass is 16.7. The zero-order chi connectivity index (χ0) is 23.4. The van der Waals surface area contributed by atoms with Crippen molar-refractivity contribution in [3.63, 3.8) is 0 Å². The van der Waals surface area contributed by atoms with Crippen LogP contribution in [-0.2, 0) is 30.0 Å². The number of alkyl carbamates (subject to hydrolysis) is 1. The van der Waals surface area contributed by atoms with Crippen LogP contribution in [0.1, 0.15) is 59.6 Å². The zero-order valence-corrected chi connectivity index (χ0v) is 19.8. The van der Waals surface area contributed by atoms with Gasteiger partial charge in [-0.2, -0.15) is 0 Å². The Balaban J connectivity index is 2.35. The summed E-state index contributed by atoms with van der Waals surface area (Å²) in [4.78, 5) is 24.1. The Morgan fingerprint density at radius 2 is 1.68 bits per heavy atom. The van der Waals surface area contributed by atoms with E-state index in [1.807, 2.05) is 58.0 Å². The molecule has 1 heterocycles. The Morgan fingerprint density at radius 3 is 2.23 bits per heavy atom. The Morgan fingerprint density at radius 1 is 1.10 bits per heavy atom. The van der Waals surface area contributed by atoms with Gasteiger partial charge in [0.15, 0.2) is 0 Å². The van der Waals surface area contributed by atoms with Crippen LogP contribution in [0.4, 0.5) is 4.79 Å². The molecule has 1 aromatic carbocycles. The van der Waals surface area contributed by atoms with Crippen LogP contribution in [0.2, 0.25) is 0 Å². The first-order valence-corrected chi connectivity index (χ1v) is 10.4. The number of ether oxygens (including phenoxy) is 2. The number of hydrogen-bond acceptors (Lipinski definition) is 6. The number of rotatable bonds is 6. The summed E-state index contributed by atoms with van der Waals surface area (Å²) in [6.45, 7) is 13.5. The minimum Gasteiger partial charge on any atom is -0.469 e. The smallest absolute Gasteiger partial charge is 0.469 e. The van der Waals surface area contributed by atoms with Crippen molar-refractivity contribution in [1.29, 1.82) is 0 Å². The molecule has 1 aliphatic heterocycles. The van der Waals surface area contributed by atoms with Crippen LogP contribution in [0.15, 0.2) is 29.7 Å². The van der Waals surface area contributed by atoms with Gasteiger partial charge in [-0.1, -0.05) is 30.3 Å². The van der Waals surface area contributed by atoms with Crippen molar-refractivity contribution in [3.8, 4) is 0 Å². The normalized spacial score (nSPS) is 17.9. The summed E-state index contributed by atoms with van der Waals surface area (Å²) in [7, 11) is 0.701. The first kappa shape index (κ1) is 24.9. The van der Waals surface area contributed by atoms with Crippen LogP contribution in [0.25, 0.3) is 6.08 Å². The molecule has 7 nitrogen and oxygen atoms in total.